The van der Waals surface area contributed by atoms with Gasteiger partial charge >= 0.3 is 0 Å². The monoisotopic (exact) mass is 274 g/mol. The number of amides is 1. The van der Waals surface area contributed by atoms with Gasteiger partial charge in [0.25, 0.3) is 0 Å². The topological polar surface area (TPSA) is 43.8 Å². The molecule has 0 radical (unpaired) electrons. The van der Waals surface area contributed by atoms with E-state index in [1.165, 1.54) is 12.0 Å². The SMILES string of the molecule is O=C(CO)N1C[C@@H]2CC[C@H](C1)N(Cc1ccccc1)C2. The molecule has 2 bridgehead atoms. The van der Waals surface area contributed by atoms with Gasteiger partial charge in [0.1, 0.15) is 6.61 Å². The molecule has 4 nitrogen and oxygen atoms in total. The molecule has 1 N–H and O–H groups in total. The number of hydrogen-bond donors (Lipinski definition) is 1. The maximum absolute atomic E-state index is 11.8. The van der Waals surface area contributed by atoms with E-state index >= 15 is 0 Å². The number of aliphatic hydroxyl groups excluding tert-OH is 1. The Labute approximate surface area is 120 Å². The molecule has 20 heavy (non-hydrogen) atoms. The van der Waals surface area contributed by atoms with Gasteiger partial charge in [-0.15, -0.1) is 0 Å². The summed E-state index contributed by atoms with van der Waals surface area (Å²) in [6.45, 7) is 3.24. The van der Waals surface area contributed by atoms with E-state index in [1.807, 2.05) is 11.0 Å². The third-order valence-electron chi connectivity index (χ3n) is 4.54. The molecular weight excluding hydrogens is 252 g/mol. The van der Waals surface area contributed by atoms with Gasteiger partial charge in [-0.3, -0.25) is 9.69 Å². The Bertz CT molecular complexity index is 463. The summed E-state index contributed by atoms with van der Waals surface area (Å²) in [7, 11) is 0. The lowest BCUT2D eigenvalue weighted by Gasteiger charge is -2.36. The highest BCUT2D eigenvalue weighted by Crippen LogP contribution is 2.29. The van der Waals surface area contributed by atoms with Gasteiger partial charge in [0.05, 0.1) is 0 Å². The maximum Gasteiger partial charge on any atom is 0.248 e. The van der Waals surface area contributed by atoms with E-state index in [1.54, 1.807) is 0 Å². The van der Waals surface area contributed by atoms with Crippen molar-refractivity contribution in [2.75, 3.05) is 26.2 Å². The van der Waals surface area contributed by atoms with Gasteiger partial charge in [-0.2, -0.15) is 0 Å². The molecule has 3 heterocycles. The number of nitrogens with zero attached hydrogens (tertiary/aromatic N) is 2. The number of carbonyl (C=O) groups is 1. The minimum atomic E-state index is -0.363. The molecule has 108 valence electrons. The van der Waals surface area contributed by atoms with Crippen LogP contribution in [0.4, 0.5) is 0 Å². The van der Waals surface area contributed by atoms with Crippen LogP contribution in [0.15, 0.2) is 30.3 Å². The highest BCUT2D eigenvalue weighted by Gasteiger charge is 2.35. The number of benzene rings is 1. The average molecular weight is 274 g/mol. The standard InChI is InChI=1S/C16H22N2O2/c19-12-16(20)18-10-14-6-7-15(11-18)17(9-14)8-13-4-2-1-3-5-13/h1-5,14-15,19H,6-12H2/t14-,15-/m1/s1. The van der Waals surface area contributed by atoms with E-state index in [0.717, 1.165) is 32.6 Å². The highest BCUT2D eigenvalue weighted by atomic mass is 16.3. The molecule has 3 fully saturated rings. The summed E-state index contributed by atoms with van der Waals surface area (Å²) in [6, 6.07) is 11.0. The molecule has 2 atom stereocenters. The van der Waals surface area contributed by atoms with Crippen molar-refractivity contribution in [3.63, 3.8) is 0 Å². The number of fused-ring (bicyclic) bond motifs is 4. The Kier molecular flexibility index (Phi) is 4.03. The predicted molar refractivity (Wildman–Crippen MR) is 77.0 cm³/mol. The Morgan fingerprint density at radius 3 is 2.70 bits per heavy atom. The molecule has 0 unspecified atom stereocenters. The lowest BCUT2D eigenvalue weighted by Crippen LogP contribution is -2.44. The molecule has 1 amide bonds. The van der Waals surface area contributed by atoms with Crippen molar-refractivity contribution in [2.45, 2.75) is 25.4 Å². The van der Waals surface area contributed by atoms with Crippen molar-refractivity contribution in [1.82, 2.24) is 9.80 Å². The van der Waals surface area contributed by atoms with Crippen LogP contribution in [0, 0.1) is 5.92 Å². The first-order valence-corrected chi connectivity index (χ1v) is 7.43. The summed E-state index contributed by atoms with van der Waals surface area (Å²) >= 11 is 0. The number of carbonyl (C=O) groups excluding carboxylic acids is 1. The van der Waals surface area contributed by atoms with E-state index in [2.05, 4.69) is 29.2 Å². The van der Waals surface area contributed by atoms with E-state index in [-0.39, 0.29) is 12.5 Å². The molecule has 4 heteroatoms. The van der Waals surface area contributed by atoms with Crippen molar-refractivity contribution in [3.05, 3.63) is 35.9 Å². The van der Waals surface area contributed by atoms with Gasteiger partial charge in [0, 0.05) is 32.2 Å². The van der Waals surface area contributed by atoms with Gasteiger partial charge in [-0.1, -0.05) is 30.3 Å². The second-order valence-electron chi connectivity index (χ2n) is 5.97. The number of aliphatic hydroxyl groups is 1. The van der Waals surface area contributed by atoms with Gasteiger partial charge in [0.15, 0.2) is 0 Å². The zero-order valence-corrected chi connectivity index (χ0v) is 11.7. The Balaban J connectivity index is 1.71. The van der Waals surface area contributed by atoms with Crippen LogP contribution >= 0.6 is 0 Å². The lowest BCUT2D eigenvalue weighted by molar-refractivity contribution is -0.134. The first kappa shape index (κ1) is 13.6. The molecule has 3 saturated heterocycles. The van der Waals surface area contributed by atoms with Crippen molar-refractivity contribution in [2.24, 2.45) is 5.92 Å². The van der Waals surface area contributed by atoms with Crippen LogP contribution in [0.1, 0.15) is 18.4 Å². The number of rotatable bonds is 3. The third-order valence-corrected chi connectivity index (χ3v) is 4.54. The molecule has 1 aromatic rings. The van der Waals surface area contributed by atoms with Crippen LogP contribution in [0.25, 0.3) is 0 Å². The van der Waals surface area contributed by atoms with Crippen LogP contribution in [0.3, 0.4) is 0 Å². The Morgan fingerprint density at radius 1 is 1.15 bits per heavy atom. The second-order valence-corrected chi connectivity index (χ2v) is 5.97. The molecule has 4 rings (SSSR count). The van der Waals surface area contributed by atoms with E-state index in [0.29, 0.717) is 12.0 Å². The minimum absolute atomic E-state index is 0.122. The summed E-state index contributed by atoms with van der Waals surface area (Å²) in [6.07, 6.45) is 2.36. The fourth-order valence-corrected chi connectivity index (χ4v) is 3.49. The fraction of sp³-hybridized carbons (Fsp3) is 0.562. The van der Waals surface area contributed by atoms with Crippen LogP contribution in [-0.4, -0.2) is 53.1 Å². The van der Waals surface area contributed by atoms with Crippen LogP contribution in [-0.2, 0) is 11.3 Å². The first-order chi connectivity index (χ1) is 9.76. The van der Waals surface area contributed by atoms with Crippen molar-refractivity contribution in [3.8, 4) is 0 Å². The summed E-state index contributed by atoms with van der Waals surface area (Å²) in [5.74, 6) is 0.427. The minimum Gasteiger partial charge on any atom is -0.387 e. The lowest BCUT2D eigenvalue weighted by atomic mass is 9.94. The summed E-state index contributed by atoms with van der Waals surface area (Å²) in [5, 5.41) is 9.07. The van der Waals surface area contributed by atoms with Crippen LogP contribution in [0.5, 0.6) is 0 Å². The average Bonchev–Trinajstić information content (AvgIpc) is 2.79. The van der Waals surface area contributed by atoms with Crippen molar-refractivity contribution >= 4 is 5.91 Å². The molecule has 3 aliphatic heterocycles. The zero-order valence-electron chi connectivity index (χ0n) is 11.7. The molecule has 0 saturated carbocycles. The van der Waals surface area contributed by atoms with Gasteiger partial charge in [-0.25, -0.2) is 0 Å². The Hall–Kier alpha value is -1.39. The summed E-state index contributed by atoms with van der Waals surface area (Å²) < 4.78 is 0. The summed E-state index contributed by atoms with van der Waals surface area (Å²) in [4.78, 5) is 16.1. The largest absolute Gasteiger partial charge is 0.387 e. The third kappa shape index (κ3) is 2.86. The quantitative estimate of drug-likeness (QED) is 0.897. The number of hydrogen-bond acceptors (Lipinski definition) is 3. The van der Waals surface area contributed by atoms with E-state index < -0.39 is 0 Å². The molecule has 3 aliphatic rings. The van der Waals surface area contributed by atoms with Gasteiger partial charge in [0.2, 0.25) is 5.91 Å². The smallest absolute Gasteiger partial charge is 0.248 e. The van der Waals surface area contributed by atoms with E-state index in [4.69, 9.17) is 5.11 Å². The van der Waals surface area contributed by atoms with Gasteiger partial charge < -0.3 is 10.0 Å². The maximum atomic E-state index is 11.8. The normalized spacial score (nSPS) is 26.6. The van der Waals surface area contributed by atoms with Crippen molar-refractivity contribution < 1.29 is 9.90 Å². The molecule has 0 spiro atoms. The number of piperidine rings is 1. The Morgan fingerprint density at radius 2 is 1.95 bits per heavy atom. The molecule has 1 aromatic carbocycles. The summed E-state index contributed by atoms with van der Waals surface area (Å²) in [5.41, 5.74) is 1.33. The fourth-order valence-electron chi connectivity index (χ4n) is 3.49. The molecule has 0 aromatic heterocycles. The predicted octanol–water partition coefficient (Wildman–Crippen LogP) is 1.10. The van der Waals surface area contributed by atoms with Crippen LogP contribution < -0.4 is 0 Å². The zero-order chi connectivity index (χ0) is 13.9. The second kappa shape index (κ2) is 5.94. The van der Waals surface area contributed by atoms with Crippen LogP contribution in [0.2, 0.25) is 0 Å². The van der Waals surface area contributed by atoms with E-state index in [9.17, 15) is 4.79 Å². The van der Waals surface area contributed by atoms with Crippen molar-refractivity contribution in [1.29, 1.82) is 0 Å². The highest BCUT2D eigenvalue weighted by molar-refractivity contribution is 5.77. The molecular formula is C16H22N2O2. The van der Waals surface area contributed by atoms with Gasteiger partial charge in [-0.05, 0) is 24.3 Å². The first-order valence-electron chi connectivity index (χ1n) is 7.43. The molecule has 0 aliphatic carbocycles.